The van der Waals surface area contributed by atoms with Crippen LogP contribution in [-0.4, -0.2) is 40.1 Å². The van der Waals surface area contributed by atoms with Gasteiger partial charge in [0.25, 0.3) is 0 Å². The molecular formula is C21H32ClNO4. The fraction of sp³-hybridized carbons (Fsp3) is 0.810. The minimum atomic E-state index is -1.35. The molecule has 3 rings (SSSR count). The Labute approximate surface area is 166 Å². The van der Waals surface area contributed by atoms with Crippen molar-refractivity contribution in [2.75, 3.05) is 5.88 Å². The van der Waals surface area contributed by atoms with Crippen LogP contribution in [0.3, 0.4) is 0 Å². The number of ether oxygens (including phenoxy) is 1. The number of nitrogens with one attached hydrogen (secondary N) is 1. The molecule has 0 aromatic heterocycles. The minimum Gasteiger partial charge on any atom is -0.453 e. The van der Waals surface area contributed by atoms with Crippen molar-refractivity contribution in [2.45, 2.75) is 82.5 Å². The fourth-order valence-electron chi connectivity index (χ4n) is 5.22. The van der Waals surface area contributed by atoms with Crippen LogP contribution in [0.1, 0.15) is 65.2 Å². The molecule has 1 aliphatic carbocycles. The number of unbranched alkanes of at least 4 members (excludes halogenated alkanes) is 3. The van der Waals surface area contributed by atoms with E-state index in [1.165, 1.54) is 25.7 Å². The van der Waals surface area contributed by atoms with Crippen molar-refractivity contribution in [2.24, 2.45) is 17.8 Å². The number of amides is 1. The second-order valence-electron chi connectivity index (χ2n) is 8.55. The number of aliphatic hydroxyl groups excluding tert-OH is 1. The minimum absolute atomic E-state index is 0.155. The number of alkyl halides is 1. The zero-order valence-electron chi connectivity index (χ0n) is 16.4. The van der Waals surface area contributed by atoms with Gasteiger partial charge in [-0.1, -0.05) is 51.2 Å². The summed E-state index contributed by atoms with van der Waals surface area (Å²) in [6.07, 6.45) is 11.5. The topological polar surface area (TPSA) is 75.6 Å². The zero-order chi connectivity index (χ0) is 19.7. The molecule has 3 aliphatic rings. The number of fused-ring (bicyclic) bond motifs is 1. The maximum atomic E-state index is 12.5. The quantitative estimate of drug-likeness (QED) is 0.271. The van der Waals surface area contributed by atoms with Crippen LogP contribution in [0.15, 0.2) is 12.2 Å². The largest absolute Gasteiger partial charge is 0.453 e. The number of rotatable bonds is 9. The number of hydrogen-bond acceptors (Lipinski definition) is 4. The molecule has 5 nitrogen and oxygen atoms in total. The van der Waals surface area contributed by atoms with Gasteiger partial charge in [-0.25, -0.2) is 4.79 Å². The molecular weight excluding hydrogens is 366 g/mol. The Morgan fingerprint density at radius 2 is 2.11 bits per heavy atom. The lowest BCUT2D eigenvalue weighted by Crippen LogP contribution is -2.80. The summed E-state index contributed by atoms with van der Waals surface area (Å²) < 4.78 is 5.46. The molecule has 2 fully saturated rings. The number of hydrogen-bond donors (Lipinski definition) is 2. The van der Waals surface area contributed by atoms with E-state index in [4.69, 9.17) is 16.3 Å². The molecule has 0 spiro atoms. The Bertz CT molecular complexity index is 609. The highest BCUT2D eigenvalue weighted by molar-refractivity contribution is 6.18. The molecule has 0 bridgehead atoms. The Balaban J connectivity index is 1.71. The van der Waals surface area contributed by atoms with Crippen molar-refractivity contribution in [3.05, 3.63) is 12.2 Å². The first kappa shape index (κ1) is 20.7. The zero-order valence-corrected chi connectivity index (χ0v) is 17.1. The molecule has 1 amide bonds. The Kier molecular flexibility index (Phi) is 6.21. The highest BCUT2D eigenvalue weighted by Gasteiger charge is 2.79. The molecule has 0 saturated carbocycles. The molecule has 2 N–H and O–H groups in total. The van der Waals surface area contributed by atoms with Crippen LogP contribution in [0, 0.1) is 17.8 Å². The van der Waals surface area contributed by atoms with E-state index in [0.717, 1.165) is 19.3 Å². The van der Waals surface area contributed by atoms with E-state index < -0.39 is 29.1 Å². The van der Waals surface area contributed by atoms with Gasteiger partial charge in [-0.15, -0.1) is 11.6 Å². The summed E-state index contributed by atoms with van der Waals surface area (Å²) in [5.41, 5.74) is -2.38. The molecule has 27 heavy (non-hydrogen) atoms. The monoisotopic (exact) mass is 397 g/mol. The Morgan fingerprint density at radius 3 is 2.78 bits per heavy atom. The number of allylic oxidation sites excluding steroid dienone is 1. The summed E-state index contributed by atoms with van der Waals surface area (Å²) in [5.74, 6) is -0.626. The highest BCUT2D eigenvalue weighted by Crippen LogP contribution is 2.53. The van der Waals surface area contributed by atoms with E-state index in [1.807, 2.05) is 6.08 Å². The molecule has 152 valence electrons. The Morgan fingerprint density at radius 1 is 1.33 bits per heavy atom. The van der Waals surface area contributed by atoms with Crippen molar-refractivity contribution in [3.8, 4) is 0 Å². The van der Waals surface area contributed by atoms with Crippen LogP contribution in [0.2, 0.25) is 0 Å². The maximum Gasteiger partial charge on any atom is 0.339 e. The molecule has 2 aliphatic heterocycles. The molecule has 0 aromatic carbocycles. The van der Waals surface area contributed by atoms with Gasteiger partial charge in [-0.05, 0) is 32.1 Å². The maximum absolute atomic E-state index is 12.5. The van der Waals surface area contributed by atoms with Gasteiger partial charge in [0.05, 0.1) is 12.0 Å². The number of esters is 1. The summed E-state index contributed by atoms with van der Waals surface area (Å²) in [7, 11) is 0. The van der Waals surface area contributed by atoms with Crippen LogP contribution in [-0.2, 0) is 14.3 Å². The first-order valence-corrected chi connectivity index (χ1v) is 10.9. The lowest BCUT2D eigenvalue weighted by Gasteiger charge is -2.54. The number of aliphatic hydroxyl groups is 1. The normalized spacial score (nSPS) is 38.7. The molecule has 6 unspecified atom stereocenters. The van der Waals surface area contributed by atoms with Gasteiger partial charge in [0.1, 0.15) is 0 Å². The van der Waals surface area contributed by atoms with E-state index in [-0.39, 0.29) is 11.8 Å². The molecule has 2 saturated heterocycles. The van der Waals surface area contributed by atoms with E-state index in [0.29, 0.717) is 18.2 Å². The van der Waals surface area contributed by atoms with Gasteiger partial charge >= 0.3 is 5.97 Å². The van der Waals surface area contributed by atoms with E-state index >= 15 is 0 Å². The van der Waals surface area contributed by atoms with Gasteiger partial charge in [-0.2, -0.15) is 0 Å². The average Bonchev–Trinajstić information content (AvgIpc) is 2.83. The lowest BCUT2D eigenvalue weighted by molar-refractivity contribution is -0.238. The summed E-state index contributed by atoms with van der Waals surface area (Å²) in [5, 5.41) is 14.0. The van der Waals surface area contributed by atoms with Crippen molar-refractivity contribution in [3.63, 3.8) is 0 Å². The van der Waals surface area contributed by atoms with Crippen molar-refractivity contribution in [1.82, 2.24) is 5.32 Å². The van der Waals surface area contributed by atoms with Gasteiger partial charge in [0.15, 0.2) is 5.60 Å². The van der Waals surface area contributed by atoms with Crippen molar-refractivity contribution >= 4 is 23.5 Å². The van der Waals surface area contributed by atoms with Crippen LogP contribution in [0.4, 0.5) is 0 Å². The van der Waals surface area contributed by atoms with Crippen molar-refractivity contribution in [1.29, 1.82) is 0 Å². The van der Waals surface area contributed by atoms with Crippen LogP contribution >= 0.6 is 11.6 Å². The van der Waals surface area contributed by atoms with Crippen LogP contribution < -0.4 is 5.32 Å². The highest BCUT2D eigenvalue weighted by atomic mass is 35.5. The van der Waals surface area contributed by atoms with E-state index in [2.05, 4.69) is 18.3 Å². The van der Waals surface area contributed by atoms with E-state index in [9.17, 15) is 14.7 Å². The predicted molar refractivity (Wildman–Crippen MR) is 104 cm³/mol. The smallest absolute Gasteiger partial charge is 0.339 e. The van der Waals surface area contributed by atoms with Crippen LogP contribution in [0.5, 0.6) is 0 Å². The summed E-state index contributed by atoms with van der Waals surface area (Å²) in [6.45, 7) is 3.96. The third-order valence-electron chi connectivity index (χ3n) is 6.88. The third-order valence-corrected chi connectivity index (χ3v) is 7.10. The molecule has 2 heterocycles. The van der Waals surface area contributed by atoms with Gasteiger partial charge in [0.2, 0.25) is 11.4 Å². The average molecular weight is 398 g/mol. The molecule has 0 radical (unpaired) electrons. The first-order chi connectivity index (χ1) is 12.9. The van der Waals surface area contributed by atoms with Crippen LogP contribution in [0.25, 0.3) is 0 Å². The number of halogens is 1. The SMILES string of the molecule is CCCCCCC1CC=CC(C(O)C23NC(=O)C(CCCl)C2(C)OC3=O)C1. The van der Waals surface area contributed by atoms with Gasteiger partial charge < -0.3 is 15.2 Å². The Hall–Kier alpha value is -1.07. The number of carbonyl (C=O) groups is 2. The van der Waals surface area contributed by atoms with Crippen molar-refractivity contribution < 1.29 is 19.4 Å². The predicted octanol–water partition coefficient (Wildman–Crippen LogP) is 3.33. The number of carbonyl (C=O) groups excluding carboxylic acids is 2. The van der Waals surface area contributed by atoms with Gasteiger partial charge in [-0.3, -0.25) is 4.79 Å². The molecule has 0 aromatic rings. The standard InChI is InChI=1S/C21H32ClNO4/c1-3-4-5-6-8-14-9-7-10-15(13-14)17(24)21-19(26)27-20(21,2)16(11-12-22)18(25)23-21/h7,10,14-17,24H,3-6,8-9,11-13H2,1-2H3,(H,23,25). The third kappa shape index (κ3) is 3.31. The summed E-state index contributed by atoms with van der Waals surface area (Å²) >= 11 is 5.85. The lowest BCUT2D eigenvalue weighted by atomic mass is 9.64. The molecule has 6 heteroatoms. The first-order valence-electron chi connectivity index (χ1n) is 10.4. The second kappa shape index (κ2) is 8.12. The fourth-order valence-corrected chi connectivity index (χ4v) is 5.44. The van der Waals surface area contributed by atoms with Gasteiger partial charge in [0, 0.05) is 11.8 Å². The molecule has 6 atom stereocenters. The van der Waals surface area contributed by atoms with E-state index in [1.54, 1.807) is 6.92 Å². The summed E-state index contributed by atoms with van der Waals surface area (Å²) in [4.78, 5) is 25.0. The summed E-state index contributed by atoms with van der Waals surface area (Å²) in [6, 6.07) is 0. The second-order valence-corrected chi connectivity index (χ2v) is 8.93.